The molecular formula is C13H16BrFN2O. The molecule has 1 aliphatic rings. The van der Waals surface area contributed by atoms with Gasteiger partial charge < -0.3 is 10.4 Å². The van der Waals surface area contributed by atoms with Crippen molar-refractivity contribution in [3.8, 4) is 5.75 Å². The van der Waals surface area contributed by atoms with Crippen molar-refractivity contribution in [3.05, 3.63) is 40.6 Å². The minimum Gasteiger partial charge on any atom is -0.505 e. The van der Waals surface area contributed by atoms with Gasteiger partial charge in [0.15, 0.2) is 11.6 Å². The molecule has 1 fully saturated rings. The fourth-order valence-electron chi connectivity index (χ4n) is 2.24. The average Bonchev–Trinajstić information content (AvgIpc) is 2.37. The van der Waals surface area contributed by atoms with E-state index in [1.807, 2.05) is 0 Å². The minimum absolute atomic E-state index is 0.168. The van der Waals surface area contributed by atoms with Gasteiger partial charge in [-0.15, -0.1) is 6.58 Å². The highest BCUT2D eigenvalue weighted by molar-refractivity contribution is 9.10. The molecule has 1 atom stereocenters. The molecule has 0 radical (unpaired) electrons. The second-order valence-electron chi connectivity index (χ2n) is 4.29. The molecular weight excluding hydrogens is 299 g/mol. The molecule has 0 aromatic heterocycles. The van der Waals surface area contributed by atoms with Gasteiger partial charge in [-0.2, -0.15) is 0 Å². The van der Waals surface area contributed by atoms with E-state index in [4.69, 9.17) is 0 Å². The maximum atomic E-state index is 13.6. The quantitative estimate of drug-likeness (QED) is 0.841. The van der Waals surface area contributed by atoms with Crippen molar-refractivity contribution in [3.63, 3.8) is 0 Å². The molecule has 0 saturated carbocycles. The van der Waals surface area contributed by atoms with E-state index in [1.54, 1.807) is 12.1 Å². The lowest BCUT2D eigenvalue weighted by atomic mass is 10.0. The molecule has 1 saturated heterocycles. The molecule has 18 heavy (non-hydrogen) atoms. The predicted octanol–water partition coefficient (Wildman–Crippen LogP) is 2.43. The van der Waals surface area contributed by atoms with Gasteiger partial charge in [-0.25, -0.2) is 4.39 Å². The monoisotopic (exact) mass is 314 g/mol. The highest BCUT2D eigenvalue weighted by Gasteiger charge is 2.23. The molecule has 1 aromatic rings. The third kappa shape index (κ3) is 2.74. The predicted molar refractivity (Wildman–Crippen MR) is 73.1 cm³/mol. The van der Waals surface area contributed by atoms with Gasteiger partial charge in [0.2, 0.25) is 0 Å². The Labute approximate surface area is 114 Å². The lowest BCUT2D eigenvalue weighted by Crippen LogP contribution is -2.44. The van der Waals surface area contributed by atoms with E-state index in [-0.39, 0.29) is 11.8 Å². The summed E-state index contributed by atoms with van der Waals surface area (Å²) in [5.74, 6) is -0.900. The zero-order valence-corrected chi connectivity index (χ0v) is 11.6. The maximum Gasteiger partial charge on any atom is 0.166 e. The van der Waals surface area contributed by atoms with Crippen molar-refractivity contribution in [1.82, 2.24) is 10.2 Å². The highest BCUT2D eigenvalue weighted by atomic mass is 79.9. The van der Waals surface area contributed by atoms with E-state index in [9.17, 15) is 9.50 Å². The molecule has 2 rings (SSSR count). The van der Waals surface area contributed by atoms with E-state index in [2.05, 4.69) is 32.7 Å². The number of nitrogens with zero attached hydrogens (tertiary/aromatic N) is 1. The molecule has 2 N–H and O–H groups in total. The van der Waals surface area contributed by atoms with Crippen LogP contribution in [-0.4, -0.2) is 36.2 Å². The minimum atomic E-state index is -0.610. The molecule has 0 aliphatic carbocycles. The molecule has 0 unspecified atom stereocenters. The largest absolute Gasteiger partial charge is 0.505 e. The summed E-state index contributed by atoms with van der Waals surface area (Å²) >= 11 is 3.25. The van der Waals surface area contributed by atoms with Crippen LogP contribution in [0.25, 0.3) is 0 Å². The van der Waals surface area contributed by atoms with E-state index in [0.29, 0.717) is 10.0 Å². The lowest BCUT2D eigenvalue weighted by molar-refractivity contribution is 0.200. The van der Waals surface area contributed by atoms with Gasteiger partial charge >= 0.3 is 0 Å². The van der Waals surface area contributed by atoms with E-state index < -0.39 is 5.82 Å². The standard InChI is InChI=1S/C13H16BrFN2O/c1-2-12(17-5-3-16-4-6-17)10-7-9(14)8-11(15)13(10)18/h2,7-8,12,16,18H,1,3-6H2/t12-/m1/s1. The molecule has 0 spiro atoms. The van der Waals surface area contributed by atoms with Crippen molar-refractivity contribution < 1.29 is 9.50 Å². The van der Waals surface area contributed by atoms with Gasteiger partial charge in [0.05, 0.1) is 6.04 Å². The number of halogens is 2. The Hall–Kier alpha value is -0.910. The molecule has 1 heterocycles. The second-order valence-corrected chi connectivity index (χ2v) is 5.21. The van der Waals surface area contributed by atoms with Crippen LogP contribution in [0.5, 0.6) is 5.75 Å². The average molecular weight is 315 g/mol. The first kappa shape index (κ1) is 13.5. The van der Waals surface area contributed by atoms with Crippen LogP contribution in [0.15, 0.2) is 29.3 Å². The number of hydrogen-bond donors (Lipinski definition) is 2. The topological polar surface area (TPSA) is 35.5 Å². The number of rotatable bonds is 3. The van der Waals surface area contributed by atoms with E-state index in [1.165, 1.54) is 6.07 Å². The van der Waals surface area contributed by atoms with Crippen LogP contribution < -0.4 is 5.32 Å². The van der Waals surface area contributed by atoms with Crippen LogP contribution in [0.1, 0.15) is 11.6 Å². The number of aromatic hydroxyl groups is 1. The molecule has 98 valence electrons. The number of nitrogens with one attached hydrogen (secondary N) is 1. The smallest absolute Gasteiger partial charge is 0.166 e. The Morgan fingerprint density at radius 3 is 2.72 bits per heavy atom. The van der Waals surface area contributed by atoms with Gasteiger partial charge in [0.25, 0.3) is 0 Å². The van der Waals surface area contributed by atoms with Crippen molar-refractivity contribution in [2.24, 2.45) is 0 Å². The fourth-order valence-corrected chi connectivity index (χ4v) is 2.69. The third-order valence-electron chi connectivity index (χ3n) is 3.14. The van der Waals surface area contributed by atoms with Crippen LogP contribution in [0.2, 0.25) is 0 Å². The Balaban J connectivity index is 2.34. The summed E-state index contributed by atoms with van der Waals surface area (Å²) in [6, 6.07) is 2.84. The number of piperazine rings is 1. The molecule has 1 aromatic carbocycles. The van der Waals surface area contributed by atoms with Crippen molar-refractivity contribution >= 4 is 15.9 Å². The molecule has 0 amide bonds. The van der Waals surface area contributed by atoms with E-state index >= 15 is 0 Å². The highest BCUT2D eigenvalue weighted by Crippen LogP contribution is 2.34. The van der Waals surface area contributed by atoms with E-state index in [0.717, 1.165) is 26.2 Å². The zero-order chi connectivity index (χ0) is 13.1. The summed E-state index contributed by atoms with van der Waals surface area (Å²) in [6.45, 7) is 7.29. The van der Waals surface area contributed by atoms with Gasteiger partial charge in [-0.1, -0.05) is 22.0 Å². The van der Waals surface area contributed by atoms with Gasteiger partial charge in [-0.05, 0) is 12.1 Å². The van der Waals surface area contributed by atoms with Crippen LogP contribution in [-0.2, 0) is 0 Å². The number of benzene rings is 1. The fraction of sp³-hybridized carbons (Fsp3) is 0.385. The molecule has 5 heteroatoms. The van der Waals surface area contributed by atoms with Gasteiger partial charge in [0, 0.05) is 36.2 Å². The van der Waals surface area contributed by atoms with Crippen molar-refractivity contribution in [2.45, 2.75) is 6.04 Å². The summed E-state index contributed by atoms with van der Waals surface area (Å²) < 4.78 is 14.2. The van der Waals surface area contributed by atoms with Gasteiger partial charge in [-0.3, -0.25) is 4.90 Å². The summed E-state index contributed by atoms with van der Waals surface area (Å²) in [7, 11) is 0. The maximum absolute atomic E-state index is 13.6. The summed E-state index contributed by atoms with van der Waals surface area (Å²) in [5.41, 5.74) is 0.554. The Bertz CT molecular complexity index is 447. The summed E-state index contributed by atoms with van der Waals surface area (Å²) in [5, 5.41) is 13.1. The Kier molecular flexibility index (Phi) is 4.37. The molecule has 0 bridgehead atoms. The Morgan fingerprint density at radius 2 is 2.11 bits per heavy atom. The van der Waals surface area contributed by atoms with Crippen LogP contribution in [0, 0.1) is 5.82 Å². The zero-order valence-electron chi connectivity index (χ0n) is 10.00. The lowest BCUT2D eigenvalue weighted by Gasteiger charge is -2.33. The Morgan fingerprint density at radius 1 is 1.44 bits per heavy atom. The summed E-state index contributed by atoms with van der Waals surface area (Å²) in [4.78, 5) is 2.17. The van der Waals surface area contributed by atoms with Crippen molar-refractivity contribution in [1.29, 1.82) is 0 Å². The van der Waals surface area contributed by atoms with Crippen molar-refractivity contribution in [2.75, 3.05) is 26.2 Å². The van der Waals surface area contributed by atoms with Crippen LogP contribution in [0.4, 0.5) is 4.39 Å². The number of hydrogen-bond acceptors (Lipinski definition) is 3. The van der Waals surface area contributed by atoms with Gasteiger partial charge in [0.1, 0.15) is 0 Å². The SMILES string of the molecule is C=C[C@H](c1cc(Br)cc(F)c1O)N1CCNCC1. The normalized spacial score (nSPS) is 18.6. The molecule has 3 nitrogen and oxygen atoms in total. The molecule has 1 aliphatic heterocycles. The van der Waals surface area contributed by atoms with Crippen LogP contribution in [0.3, 0.4) is 0 Å². The summed E-state index contributed by atoms with van der Waals surface area (Å²) in [6.07, 6.45) is 1.74. The first-order valence-electron chi connectivity index (χ1n) is 5.88. The van der Waals surface area contributed by atoms with Crippen LogP contribution >= 0.6 is 15.9 Å². The number of phenolic OH excluding ortho intramolecular Hbond substituents is 1. The third-order valence-corrected chi connectivity index (χ3v) is 3.60. The second kappa shape index (κ2) is 5.82. The first-order chi connectivity index (χ1) is 8.63. The first-order valence-corrected chi connectivity index (χ1v) is 6.68. The number of phenols is 1.